The van der Waals surface area contributed by atoms with E-state index < -0.39 is 5.97 Å². The molecule has 0 atom stereocenters. The summed E-state index contributed by atoms with van der Waals surface area (Å²) in [6.07, 6.45) is 0. The number of furan rings is 1. The number of carbonyl (C=O) groups is 1. The molecule has 2 N–H and O–H groups in total. The molecule has 0 aliphatic rings. The van der Waals surface area contributed by atoms with Crippen LogP contribution < -0.4 is 5.73 Å². The molecule has 5 heteroatoms. The van der Waals surface area contributed by atoms with Gasteiger partial charge in [0, 0.05) is 12.1 Å². The Morgan fingerprint density at radius 2 is 2.29 bits per heavy atom. The number of carbonyl (C=O) groups excluding carboxylic acids is 1. The number of ether oxygens (including phenoxy) is 1. The van der Waals surface area contributed by atoms with Crippen molar-refractivity contribution in [2.75, 3.05) is 6.61 Å². The van der Waals surface area contributed by atoms with Gasteiger partial charge in [-0.3, -0.25) is 0 Å². The van der Waals surface area contributed by atoms with E-state index in [0.717, 1.165) is 5.56 Å². The average Bonchev–Trinajstić information content (AvgIpc) is 2.47. The van der Waals surface area contributed by atoms with Gasteiger partial charge < -0.3 is 14.9 Å². The SMILES string of the molecule is CCOC(=O)c1cc(CN)c(C)o1.Cl. The quantitative estimate of drug-likeness (QED) is 0.785. The van der Waals surface area contributed by atoms with Gasteiger partial charge in [0.1, 0.15) is 5.76 Å². The van der Waals surface area contributed by atoms with E-state index in [9.17, 15) is 4.79 Å². The van der Waals surface area contributed by atoms with Gasteiger partial charge in [0.25, 0.3) is 0 Å². The van der Waals surface area contributed by atoms with E-state index in [1.54, 1.807) is 19.9 Å². The molecule has 1 aromatic heterocycles. The van der Waals surface area contributed by atoms with Gasteiger partial charge in [0.2, 0.25) is 5.76 Å². The third kappa shape index (κ3) is 2.75. The lowest BCUT2D eigenvalue weighted by Gasteiger charge is -1.95. The van der Waals surface area contributed by atoms with Gasteiger partial charge in [-0.2, -0.15) is 0 Å². The number of rotatable bonds is 3. The van der Waals surface area contributed by atoms with Crippen molar-refractivity contribution < 1.29 is 13.9 Å². The summed E-state index contributed by atoms with van der Waals surface area (Å²) in [5, 5.41) is 0. The zero-order valence-corrected chi connectivity index (χ0v) is 9.02. The number of aryl methyl sites for hydroxylation is 1. The fraction of sp³-hybridized carbons (Fsp3) is 0.444. The molecule has 0 aliphatic heterocycles. The van der Waals surface area contributed by atoms with Crippen LogP contribution in [0.15, 0.2) is 10.5 Å². The van der Waals surface area contributed by atoms with Gasteiger partial charge >= 0.3 is 5.97 Å². The summed E-state index contributed by atoms with van der Waals surface area (Å²) in [6.45, 7) is 4.23. The molecule has 0 unspecified atom stereocenters. The lowest BCUT2D eigenvalue weighted by Crippen LogP contribution is -2.02. The highest BCUT2D eigenvalue weighted by molar-refractivity contribution is 5.86. The van der Waals surface area contributed by atoms with Gasteiger partial charge in [-0.05, 0) is 19.9 Å². The van der Waals surface area contributed by atoms with Crippen LogP contribution in [0.1, 0.15) is 28.8 Å². The molecule has 0 radical (unpaired) electrons. The van der Waals surface area contributed by atoms with E-state index >= 15 is 0 Å². The maximum absolute atomic E-state index is 11.2. The van der Waals surface area contributed by atoms with Crippen LogP contribution in [0.25, 0.3) is 0 Å². The first-order valence-corrected chi connectivity index (χ1v) is 4.15. The van der Waals surface area contributed by atoms with Crippen LogP contribution >= 0.6 is 12.4 Å². The molecule has 80 valence electrons. The lowest BCUT2D eigenvalue weighted by atomic mass is 10.2. The molecule has 0 fully saturated rings. The van der Waals surface area contributed by atoms with Crippen LogP contribution in [-0.4, -0.2) is 12.6 Å². The Bertz CT molecular complexity index is 309. The minimum absolute atomic E-state index is 0. The number of halogens is 1. The van der Waals surface area contributed by atoms with Crippen molar-refractivity contribution in [1.29, 1.82) is 0 Å². The van der Waals surface area contributed by atoms with Gasteiger partial charge in [0.05, 0.1) is 6.61 Å². The molecular formula is C9H14ClNO3. The summed E-state index contributed by atoms with van der Waals surface area (Å²) >= 11 is 0. The van der Waals surface area contributed by atoms with E-state index in [2.05, 4.69) is 0 Å². The number of hydrogen-bond acceptors (Lipinski definition) is 4. The summed E-state index contributed by atoms with van der Waals surface area (Å²) in [5.74, 6) is 0.454. The molecule has 0 aromatic carbocycles. The third-order valence-corrected chi connectivity index (χ3v) is 1.72. The second-order valence-electron chi connectivity index (χ2n) is 2.62. The van der Waals surface area contributed by atoms with Crippen molar-refractivity contribution in [1.82, 2.24) is 0 Å². The zero-order chi connectivity index (χ0) is 9.84. The fourth-order valence-electron chi connectivity index (χ4n) is 1.03. The topological polar surface area (TPSA) is 65.5 Å². The molecule has 0 saturated carbocycles. The largest absolute Gasteiger partial charge is 0.460 e. The molecule has 0 bridgehead atoms. The van der Waals surface area contributed by atoms with Crippen LogP contribution in [0.5, 0.6) is 0 Å². The van der Waals surface area contributed by atoms with Crippen molar-refractivity contribution in [3.05, 3.63) is 23.2 Å². The maximum Gasteiger partial charge on any atom is 0.374 e. The number of hydrogen-bond donors (Lipinski definition) is 1. The summed E-state index contributed by atoms with van der Waals surface area (Å²) in [4.78, 5) is 11.2. The minimum atomic E-state index is -0.440. The molecule has 1 aromatic rings. The Labute approximate surface area is 88.8 Å². The molecular weight excluding hydrogens is 206 g/mol. The first kappa shape index (κ1) is 13.0. The van der Waals surface area contributed by atoms with Gasteiger partial charge in [0.15, 0.2) is 0 Å². The number of esters is 1. The molecule has 1 rings (SSSR count). The highest BCUT2D eigenvalue weighted by Gasteiger charge is 2.13. The Morgan fingerprint density at radius 3 is 2.71 bits per heavy atom. The van der Waals surface area contributed by atoms with Gasteiger partial charge in [-0.1, -0.05) is 0 Å². The van der Waals surface area contributed by atoms with Gasteiger partial charge in [-0.25, -0.2) is 4.79 Å². The molecule has 1 heterocycles. The lowest BCUT2D eigenvalue weighted by molar-refractivity contribution is 0.0488. The van der Waals surface area contributed by atoms with Crippen LogP contribution in [-0.2, 0) is 11.3 Å². The summed E-state index contributed by atoms with van der Waals surface area (Å²) in [5.41, 5.74) is 6.26. The Hall–Kier alpha value is -1.00. The van der Waals surface area contributed by atoms with Crippen LogP contribution in [0, 0.1) is 6.92 Å². The molecule has 0 amide bonds. The molecule has 0 spiro atoms. The first-order valence-electron chi connectivity index (χ1n) is 4.15. The summed E-state index contributed by atoms with van der Waals surface area (Å²) < 4.78 is 9.93. The monoisotopic (exact) mass is 219 g/mol. The zero-order valence-electron chi connectivity index (χ0n) is 8.20. The normalized spacial score (nSPS) is 9.36. The van der Waals surface area contributed by atoms with Crippen molar-refractivity contribution >= 4 is 18.4 Å². The maximum atomic E-state index is 11.2. The van der Waals surface area contributed by atoms with E-state index in [0.29, 0.717) is 18.9 Å². The smallest absolute Gasteiger partial charge is 0.374 e. The Morgan fingerprint density at radius 1 is 1.64 bits per heavy atom. The first-order chi connectivity index (χ1) is 6.19. The molecule has 0 aliphatic carbocycles. The highest BCUT2D eigenvalue weighted by atomic mass is 35.5. The standard InChI is InChI=1S/C9H13NO3.ClH/c1-3-12-9(11)8-4-7(5-10)6(2)13-8;/h4H,3,5,10H2,1-2H3;1H. The van der Waals surface area contributed by atoms with E-state index in [1.807, 2.05) is 0 Å². The van der Waals surface area contributed by atoms with E-state index in [-0.39, 0.29) is 18.2 Å². The molecule has 4 nitrogen and oxygen atoms in total. The predicted molar refractivity (Wildman–Crippen MR) is 54.5 cm³/mol. The van der Waals surface area contributed by atoms with Crippen LogP contribution in [0.4, 0.5) is 0 Å². The second kappa shape index (κ2) is 5.67. The highest BCUT2D eigenvalue weighted by Crippen LogP contribution is 2.14. The Balaban J connectivity index is 0.00000169. The van der Waals surface area contributed by atoms with Crippen molar-refractivity contribution in [3.63, 3.8) is 0 Å². The van der Waals surface area contributed by atoms with E-state index in [1.165, 1.54) is 0 Å². The Kier molecular flexibility index (Phi) is 5.27. The van der Waals surface area contributed by atoms with Gasteiger partial charge in [-0.15, -0.1) is 12.4 Å². The minimum Gasteiger partial charge on any atom is -0.460 e. The van der Waals surface area contributed by atoms with Crippen molar-refractivity contribution in [2.24, 2.45) is 5.73 Å². The summed E-state index contributed by atoms with van der Waals surface area (Å²) in [6, 6.07) is 1.62. The fourth-order valence-corrected chi connectivity index (χ4v) is 1.03. The van der Waals surface area contributed by atoms with E-state index in [4.69, 9.17) is 14.9 Å². The average molecular weight is 220 g/mol. The third-order valence-electron chi connectivity index (χ3n) is 1.72. The number of nitrogens with two attached hydrogens (primary N) is 1. The van der Waals surface area contributed by atoms with Crippen molar-refractivity contribution in [2.45, 2.75) is 20.4 Å². The molecule has 0 saturated heterocycles. The molecule has 14 heavy (non-hydrogen) atoms. The van der Waals surface area contributed by atoms with Crippen molar-refractivity contribution in [3.8, 4) is 0 Å². The predicted octanol–water partition coefficient (Wildman–Crippen LogP) is 1.65. The summed E-state index contributed by atoms with van der Waals surface area (Å²) in [7, 11) is 0. The van der Waals surface area contributed by atoms with Crippen LogP contribution in [0.2, 0.25) is 0 Å². The second-order valence-corrected chi connectivity index (χ2v) is 2.62. The van der Waals surface area contributed by atoms with Crippen LogP contribution in [0.3, 0.4) is 0 Å².